The van der Waals surface area contributed by atoms with E-state index >= 15 is 0 Å². The molecule has 9 heteroatoms. The number of hydrogen-bond acceptors (Lipinski definition) is 6. The van der Waals surface area contributed by atoms with E-state index in [9.17, 15) is 19.3 Å². The zero-order valence-electron chi connectivity index (χ0n) is 10.00. The lowest BCUT2D eigenvalue weighted by atomic mass is 10.2. The summed E-state index contributed by atoms with van der Waals surface area (Å²) in [5.41, 5.74) is 5.33. The molecule has 0 aliphatic heterocycles. The average molecular weight is 296 g/mol. The number of non-ortho nitro benzene ring substituents is 1. The highest BCUT2D eigenvalue weighted by Gasteiger charge is 2.14. The number of nitrogens with zero attached hydrogens (tertiary/aromatic N) is 2. The Morgan fingerprint density at radius 3 is 2.90 bits per heavy atom. The van der Waals surface area contributed by atoms with Crippen molar-refractivity contribution in [1.82, 2.24) is 4.98 Å². The SMILES string of the molecule is Nc1nc(CC(=O)Nc2cc([N+](=O)[O-])ccc2F)cs1. The van der Waals surface area contributed by atoms with Crippen molar-refractivity contribution >= 4 is 33.8 Å². The molecule has 0 atom stereocenters. The van der Waals surface area contributed by atoms with Crippen LogP contribution in [0, 0.1) is 15.9 Å². The summed E-state index contributed by atoms with van der Waals surface area (Å²) in [6, 6.07) is 2.91. The van der Waals surface area contributed by atoms with Crippen molar-refractivity contribution in [3.05, 3.63) is 45.2 Å². The fourth-order valence-electron chi connectivity index (χ4n) is 1.49. The van der Waals surface area contributed by atoms with Crippen LogP contribution in [0.2, 0.25) is 0 Å². The number of nitro groups is 1. The van der Waals surface area contributed by atoms with Crippen molar-refractivity contribution in [3.63, 3.8) is 0 Å². The molecule has 0 radical (unpaired) electrons. The normalized spacial score (nSPS) is 10.2. The largest absolute Gasteiger partial charge is 0.375 e. The van der Waals surface area contributed by atoms with Crippen molar-refractivity contribution in [3.8, 4) is 0 Å². The predicted molar refractivity (Wildman–Crippen MR) is 71.9 cm³/mol. The zero-order valence-corrected chi connectivity index (χ0v) is 10.8. The van der Waals surface area contributed by atoms with Gasteiger partial charge in [0.05, 0.1) is 22.7 Å². The number of aromatic nitrogens is 1. The van der Waals surface area contributed by atoms with E-state index in [0.717, 1.165) is 18.2 Å². The smallest absolute Gasteiger partial charge is 0.271 e. The van der Waals surface area contributed by atoms with Crippen LogP contribution in [0.15, 0.2) is 23.6 Å². The van der Waals surface area contributed by atoms with E-state index < -0.39 is 16.6 Å². The summed E-state index contributed by atoms with van der Waals surface area (Å²) in [5, 5.41) is 14.8. The predicted octanol–water partition coefficient (Wildman–Crippen LogP) is 1.95. The Hall–Kier alpha value is -2.55. The summed E-state index contributed by atoms with van der Waals surface area (Å²) in [4.78, 5) is 25.5. The molecular weight excluding hydrogens is 287 g/mol. The average Bonchev–Trinajstić information content (AvgIpc) is 2.77. The van der Waals surface area contributed by atoms with Crippen LogP contribution in [0.3, 0.4) is 0 Å². The van der Waals surface area contributed by atoms with Gasteiger partial charge in [0.15, 0.2) is 5.13 Å². The number of nitrogens with two attached hydrogens (primary N) is 1. The first-order valence-electron chi connectivity index (χ1n) is 5.39. The number of nitro benzene ring substituents is 1. The standard InChI is InChI=1S/C11H9FN4O3S/c12-8-2-1-7(16(18)19)4-9(8)15-10(17)3-6-5-20-11(13)14-6/h1-2,4-5H,3H2,(H2,13,14)(H,15,17). The Morgan fingerprint density at radius 1 is 1.55 bits per heavy atom. The van der Waals surface area contributed by atoms with Gasteiger partial charge in [-0.1, -0.05) is 0 Å². The van der Waals surface area contributed by atoms with Gasteiger partial charge in [-0.2, -0.15) is 0 Å². The minimum absolute atomic E-state index is 0.0875. The second-order valence-corrected chi connectivity index (χ2v) is 4.71. The summed E-state index contributed by atoms with van der Waals surface area (Å²) in [6.45, 7) is 0. The first-order valence-corrected chi connectivity index (χ1v) is 6.27. The quantitative estimate of drug-likeness (QED) is 0.661. The third-order valence-electron chi connectivity index (χ3n) is 2.35. The van der Waals surface area contributed by atoms with Gasteiger partial charge in [0.2, 0.25) is 5.91 Å². The van der Waals surface area contributed by atoms with Gasteiger partial charge in [0.25, 0.3) is 5.69 Å². The van der Waals surface area contributed by atoms with E-state index in [1.54, 1.807) is 5.38 Å². The molecule has 1 heterocycles. The number of halogens is 1. The fourth-order valence-corrected chi connectivity index (χ4v) is 2.05. The Balaban J connectivity index is 2.11. The van der Waals surface area contributed by atoms with Crippen LogP contribution in [-0.2, 0) is 11.2 Å². The van der Waals surface area contributed by atoms with E-state index in [4.69, 9.17) is 5.73 Å². The molecule has 3 N–H and O–H groups in total. The second-order valence-electron chi connectivity index (χ2n) is 3.82. The maximum Gasteiger partial charge on any atom is 0.271 e. The summed E-state index contributed by atoms with van der Waals surface area (Å²) in [6.07, 6.45) is -0.0875. The molecule has 0 saturated carbocycles. The molecule has 0 unspecified atom stereocenters. The number of carbonyl (C=O) groups excluding carboxylic acids is 1. The molecule has 104 valence electrons. The monoisotopic (exact) mass is 296 g/mol. The second kappa shape index (κ2) is 5.61. The number of rotatable bonds is 4. The van der Waals surface area contributed by atoms with Gasteiger partial charge in [-0.05, 0) is 6.07 Å². The number of thiazole rings is 1. The van der Waals surface area contributed by atoms with Gasteiger partial charge in [0.1, 0.15) is 5.82 Å². The summed E-state index contributed by atoms with van der Waals surface area (Å²) in [5.74, 6) is -1.28. The molecule has 0 bridgehead atoms. The van der Waals surface area contributed by atoms with Gasteiger partial charge in [0, 0.05) is 17.5 Å². The van der Waals surface area contributed by atoms with Crippen LogP contribution < -0.4 is 11.1 Å². The number of hydrogen-bond donors (Lipinski definition) is 2. The van der Waals surface area contributed by atoms with Crippen LogP contribution in [-0.4, -0.2) is 15.8 Å². The molecule has 0 spiro atoms. The van der Waals surface area contributed by atoms with Crippen LogP contribution in [0.5, 0.6) is 0 Å². The Kier molecular flexibility index (Phi) is 3.89. The van der Waals surface area contributed by atoms with Gasteiger partial charge in [-0.3, -0.25) is 14.9 Å². The van der Waals surface area contributed by atoms with E-state index in [2.05, 4.69) is 10.3 Å². The number of nitrogens with one attached hydrogen (secondary N) is 1. The van der Waals surface area contributed by atoms with Crippen LogP contribution in [0.1, 0.15) is 5.69 Å². The Bertz CT molecular complexity index is 673. The highest BCUT2D eigenvalue weighted by Crippen LogP contribution is 2.21. The number of amides is 1. The van der Waals surface area contributed by atoms with E-state index in [-0.39, 0.29) is 17.8 Å². The highest BCUT2D eigenvalue weighted by atomic mass is 32.1. The molecule has 2 aromatic rings. The fraction of sp³-hybridized carbons (Fsp3) is 0.0909. The molecule has 0 aliphatic carbocycles. The molecule has 0 aliphatic rings. The van der Waals surface area contributed by atoms with Crippen molar-refractivity contribution in [1.29, 1.82) is 0 Å². The van der Waals surface area contributed by atoms with E-state index in [1.165, 1.54) is 11.3 Å². The third kappa shape index (κ3) is 3.26. The summed E-state index contributed by atoms with van der Waals surface area (Å²) < 4.78 is 13.5. The molecule has 1 aromatic carbocycles. The molecular formula is C11H9FN4O3S. The van der Waals surface area contributed by atoms with Crippen molar-refractivity contribution in [2.24, 2.45) is 0 Å². The maximum absolute atomic E-state index is 13.5. The molecule has 7 nitrogen and oxygen atoms in total. The van der Waals surface area contributed by atoms with E-state index in [1.807, 2.05) is 0 Å². The van der Waals surface area contributed by atoms with Gasteiger partial charge in [-0.25, -0.2) is 9.37 Å². The van der Waals surface area contributed by atoms with Crippen LogP contribution in [0.4, 0.5) is 20.9 Å². The molecule has 2 rings (SSSR count). The van der Waals surface area contributed by atoms with Crippen molar-refractivity contribution < 1.29 is 14.1 Å². The topological polar surface area (TPSA) is 111 Å². The number of nitrogen functional groups attached to an aromatic ring is 1. The minimum Gasteiger partial charge on any atom is -0.375 e. The van der Waals surface area contributed by atoms with Crippen molar-refractivity contribution in [2.45, 2.75) is 6.42 Å². The number of anilines is 2. The highest BCUT2D eigenvalue weighted by molar-refractivity contribution is 7.13. The maximum atomic E-state index is 13.5. The molecule has 0 saturated heterocycles. The van der Waals surface area contributed by atoms with Crippen LogP contribution >= 0.6 is 11.3 Å². The van der Waals surface area contributed by atoms with E-state index in [0.29, 0.717) is 10.8 Å². The number of benzene rings is 1. The molecule has 1 amide bonds. The van der Waals surface area contributed by atoms with Gasteiger partial charge < -0.3 is 11.1 Å². The van der Waals surface area contributed by atoms with Crippen LogP contribution in [0.25, 0.3) is 0 Å². The zero-order chi connectivity index (χ0) is 14.7. The first kappa shape index (κ1) is 13.9. The first-order chi connectivity index (χ1) is 9.45. The lowest BCUT2D eigenvalue weighted by molar-refractivity contribution is -0.384. The van der Waals surface area contributed by atoms with Gasteiger partial charge >= 0.3 is 0 Å². The summed E-state index contributed by atoms with van der Waals surface area (Å²) in [7, 11) is 0. The van der Waals surface area contributed by atoms with Crippen molar-refractivity contribution in [2.75, 3.05) is 11.1 Å². The third-order valence-corrected chi connectivity index (χ3v) is 3.07. The molecule has 20 heavy (non-hydrogen) atoms. The minimum atomic E-state index is -0.748. The Labute approximate surface area is 116 Å². The van der Waals surface area contributed by atoms with Gasteiger partial charge in [-0.15, -0.1) is 11.3 Å². The summed E-state index contributed by atoms with van der Waals surface area (Å²) >= 11 is 1.19. The lowest BCUT2D eigenvalue weighted by Gasteiger charge is -2.05. The lowest BCUT2D eigenvalue weighted by Crippen LogP contribution is -2.15. The molecule has 0 fully saturated rings. The Morgan fingerprint density at radius 2 is 2.30 bits per heavy atom. The molecule has 1 aromatic heterocycles. The number of carbonyl (C=O) groups is 1.